The Bertz CT molecular complexity index is 647. The molecule has 5 heteroatoms. The van der Waals surface area contributed by atoms with Gasteiger partial charge >= 0.3 is 0 Å². The third kappa shape index (κ3) is 2.92. The molecule has 5 nitrogen and oxygen atoms in total. The van der Waals surface area contributed by atoms with Gasteiger partial charge in [-0.2, -0.15) is 0 Å². The second kappa shape index (κ2) is 6.60. The van der Waals surface area contributed by atoms with Crippen LogP contribution in [0.2, 0.25) is 0 Å². The van der Waals surface area contributed by atoms with Gasteiger partial charge in [0.05, 0.1) is 6.04 Å². The molecule has 0 aromatic heterocycles. The molecule has 1 aliphatic heterocycles. The minimum atomic E-state index is -1.31. The zero-order valence-electron chi connectivity index (χ0n) is 12.5. The number of carbonyl (C=O) groups is 1. The molecule has 120 valence electrons. The smallest absolute Gasteiger partial charge is 0.150 e. The lowest BCUT2D eigenvalue weighted by molar-refractivity contribution is -0.142. The molecule has 0 radical (unpaired) electrons. The Morgan fingerprint density at radius 1 is 0.957 bits per heavy atom. The summed E-state index contributed by atoms with van der Waals surface area (Å²) in [6, 6.07) is 15.7. The van der Waals surface area contributed by atoms with E-state index in [1.54, 1.807) is 24.3 Å². The summed E-state index contributed by atoms with van der Waals surface area (Å²) in [6.07, 6.45) is -2.67. The molecule has 0 saturated carbocycles. The van der Waals surface area contributed by atoms with Crippen LogP contribution in [-0.2, 0) is 11.2 Å². The van der Waals surface area contributed by atoms with Crippen molar-refractivity contribution in [3.05, 3.63) is 71.3 Å². The average Bonchev–Trinajstić information content (AvgIpc) is 2.85. The molecular formula is C18H19NO4. The Labute approximate surface area is 134 Å². The van der Waals surface area contributed by atoms with E-state index in [9.17, 15) is 20.1 Å². The minimum Gasteiger partial charge on any atom is -0.384 e. The third-order valence-electron chi connectivity index (χ3n) is 4.32. The topological polar surface area (TPSA) is 81.0 Å². The summed E-state index contributed by atoms with van der Waals surface area (Å²) in [4.78, 5) is 12.5. The van der Waals surface area contributed by atoms with Gasteiger partial charge in [0, 0.05) is 11.1 Å². The number of rotatable bonds is 5. The highest BCUT2D eigenvalue weighted by atomic mass is 16.3. The normalized spacial score (nSPS) is 23.3. The van der Waals surface area contributed by atoms with Gasteiger partial charge in [-0.3, -0.25) is 0 Å². The van der Waals surface area contributed by atoms with E-state index in [2.05, 4.69) is 0 Å². The highest BCUT2D eigenvalue weighted by molar-refractivity contribution is 5.57. The molecule has 3 N–H and O–H groups in total. The first-order valence-electron chi connectivity index (χ1n) is 7.53. The van der Waals surface area contributed by atoms with Crippen LogP contribution in [0.25, 0.3) is 0 Å². The first-order chi connectivity index (χ1) is 11.1. The van der Waals surface area contributed by atoms with Gasteiger partial charge in [-0.1, -0.05) is 54.6 Å². The highest BCUT2D eigenvalue weighted by Gasteiger charge is 2.42. The second-order valence-electron chi connectivity index (χ2n) is 5.71. The van der Waals surface area contributed by atoms with Gasteiger partial charge < -0.3 is 20.1 Å². The first kappa shape index (κ1) is 15.8. The molecule has 0 fully saturated rings. The number of aliphatic hydroxyl groups excluding tert-OH is 3. The van der Waals surface area contributed by atoms with Crippen LogP contribution in [0.15, 0.2) is 54.6 Å². The number of aliphatic hydroxyl groups is 3. The van der Waals surface area contributed by atoms with Crippen molar-refractivity contribution in [2.24, 2.45) is 0 Å². The predicted molar refractivity (Wildman–Crippen MR) is 84.2 cm³/mol. The summed E-state index contributed by atoms with van der Waals surface area (Å²) < 4.78 is 0. The van der Waals surface area contributed by atoms with Crippen LogP contribution in [0.1, 0.15) is 29.1 Å². The SMILES string of the molecule is O=CC(O)C(Cc1ccccc1)N1C(O)c2ccccc2C1O. The number of aldehydes is 1. The molecule has 4 unspecified atom stereocenters. The lowest BCUT2D eigenvalue weighted by Gasteiger charge is -2.34. The molecule has 2 aromatic carbocycles. The quantitative estimate of drug-likeness (QED) is 0.722. The highest BCUT2D eigenvalue weighted by Crippen LogP contribution is 2.41. The maximum Gasteiger partial charge on any atom is 0.150 e. The molecule has 23 heavy (non-hydrogen) atoms. The summed E-state index contributed by atoms with van der Waals surface area (Å²) in [6.45, 7) is 0. The number of benzene rings is 2. The lowest BCUT2D eigenvalue weighted by atomic mass is 10.00. The van der Waals surface area contributed by atoms with E-state index >= 15 is 0 Å². The number of hydrogen-bond acceptors (Lipinski definition) is 5. The molecule has 1 heterocycles. The molecule has 1 aliphatic rings. The van der Waals surface area contributed by atoms with Crippen LogP contribution in [0.3, 0.4) is 0 Å². The lowest BCUT2D eigenvalue weighted by Crippen LogP contribution is -2.46. The number of carbonyl (C=O) groups excluding carboxylic acids is 1. The summed E-state index contributed by atoms with van der Waals surface area (Å²) in [5.41, 5.74) is 2.10. The average molecular weight is 313 g/mol. The maximum absolute atomic E-state index is 11.1. The molecule has 0 saturated heterocycles. The fraction of sp³-hybridized carbons (Fsp3) is 0.278. The molecule has 0 spiro atoms. The third-order valence-corrected chi connectivity index (χ3v) is 4.32. The maximum atomic E-state index is 11.1. The Hall–Kier alpha value is -2.05. The molecule has 2 aromatic rings. The largest absolute Gasteiger partial charge is 0.384 e. The van der Waals surface area contributed by atoms with Crippen molar-refractivity contribution >= 4 is 6.29 Å². The van der Waals surface area contributed by atoms with E-state index in [4.69, 9.17) is 0 Å². The van der Waals surface area contributed by atoms with E-state index in [0.717, 1.165) is 5.56 Å². The van der Waals surface area contributed by atoms with Crippen LogP contribution >= 0.6 is 0 Å². The molecular weight excluding hydrogens is 294 g/mol. The fourth-order valence-electron chi connectivity index (χ4n) is 3.15. The molecule has 0 amide bonds. The predicted octanol–water partition coefficient (Wildman–Crippen LogP) is 1.16. The summed E-state index contributed by atoms with van der Waals surface area (Å²) in [5.74, 6) is 0. The molecule has 3 rings (SSSR count). The Morgan fingerprint density at radius 3 is 2.00 bits per heavy atom. The van der Waals surface area contributed by atoms with Crippen molar-refractivity contribution in [3.63, 3.8) is 0 Å². The van der Waals surface area contributed by atoms with Crippen molar-refractivity contribution in [3.8, 4) is 0 Å². The van der Waals surface area contributed by atoms with Crippen LogP contribution in [0.5, 0.6) is 0 Å². The van der Waals surface area contributed by atoms with Crippen LogP contribution in [-0.4, -0.2) is 38.7 Å². The second-order valence-corrected chi connectivity index (χ2v) is 5.71. The number of nitrogens with zero attached hydrogens (tertiary/aromatic N) is 1. The van der Waals surface area contributed by atoms with Crippen molar-refractivity contribution in [2.75, 3.05) is 0 Å². The van der Waals surface area contributed by atoms with E-state index in [1.165, 1.54) is 4.90 Å². The zero-order chi connectivity index (χ0) is 16.4. The fourth-order valence-corrected chi connectivity index (χ4v) is 3.15. The zero-order valence-corrected chi connectivity index (χ0v) is 12.5. The van der Waals surface area contributed by atoms with E-state index < -0.39 is 24.6 Å². The monoisotopic (exact) mass is 313 g/mol. The van der Waals surface area contributed by atoms with Crippen molar-refractivity contribution < 1.29 is 20.1 Å². The molecule has 4 atom stereocenters. The van der Waals surface area contributed by atoms with Gasteiger partial charge in [0.2, 0.25) is 0 Å². The summed E-state index contributed by atoms with van der Waals surface area (Å²) in [5, 5.41) is 31.2. The number of hydrogen-bond donors (Lipinski definition) is 3. The number of fused-ring (bicyclic) bond motifs is 1. The Kier molecular flexibility index (Phi) is 4.54. The van der Waals surface area contributed by atoms with Crippen LogP contribution in [0, 0.1) is 0 Å². The Morgan fingerprint density at radius 2 is 1.48 bits per heavy atom. The molecule has 0 bridgehead atoms. The van der Waals surface area contributed by atoms with Crippen molar-refractivity contribution in [2.45, 2.75) is 31.0 Å². The standard InChI is InChI=1S/C18H19NO4/c20-11-16(21)15(10-12-6-2-1-3-7-12)19-17(22)13-8-4-5-9-14(13)18(19)23/h1-9,11,15-18,21-23H,10H2. The van der Waals surface area contributed by atoms with Gasteiger partial charge in [-0.15, -0.1) is 0 Å². The van der Waals surface area contributed by atoms with Crippen LogP contribution in [0.4, 0.5) is 0 Å². The van der Waals surface area contributed by atoms with Gasteiger partial charge in [0.15, 0.2) is 0 Å². The first-order valence-corrected chi connectivity index (χ1v) is 7.53. The van der Waals surface area contributed by atoms with Crippen molar-refractivity contribution in [1.82, 2.24) is 4.90 Å². The van der Waals surface area contributed by atoms with Gasteiger partial charge in [-0.25, -0.2) is 4.90 Å². The molecule has 0 aliphatic carbocycles. The van der Waals surface area contributed by atoms with Gasteiger partial charge in [0.1, 0.15) is 24.8 Å². The van der Waals surface area contributed by atoms with E-state index in [1.807, 2.05) is 30.3 Å². The van der Waals surface area contributed by atoms with Crippen molar-refractivity contribution in [1.29, 1.82) is 0 Å². The Balaban J connectivity index is 1.93. The van der Waals surface area contributed by atoms with Gasteiger partial charge in [0.25, 0.3) is 0 Å². The summed E-state index contributed by atoms with van der Waals surface area (Å²) >= 11 is 0. The van der Waals surface area contributed by atoms with E-state index in [-0.39, 0.29) is 0 Å². The van der Waals surface area contributed by atoms with E-state index in [0.29, 0.717) is 23.8 Å². The van der Waals surface area contributed by atoms with Crippen LogP contribution < -0.4 is 0 Å². The minimum absolute atomic E-state index is 0.336. The summed E-state index contributed by atoms with van der Waals surface area (Å²) in [7, 11) is 0. The van der Waals surface area contributed by atoms with Gasteiger partial charge in [-0.05, 0) is 12.0 Å².